The zero-order valence-corrected chi connectivity index (χ0v) is 11.4. The third-order valence-corrected chi connectivity index (χ3v) is 3.99. The molecule has 0 radical (unpaired) electrons. The number of rotatable bonds is 7. The van der Waals surface area contributed by atoms with E-state index >= 15 is 0 Å². The quantitative estimate of drug-likeness (QED) is 0.792. The summed E-state index contributed by atoms with van der Waals surface area (Å²) in [5, 5.41) is 3.38. The highest BCUT2D eigenvalue weighted by atomic mass is 15.2. The van der Waals surface area contributed by atoms with Gasteiger partial charge in [0.2, 0.25) is 0 Å². The third-order valence-electron chi connectivity index (χ3n) is 3.99. The van der Waals surface area contributed by atoms with Crippen molar-refractivity contribution in [2.75, 3.05) is 18.0 Å². The number of benzene rings is 1. The van der Waals surface area contributed by atoms with E-state index in [0.717, 1.165) is 25.0 Å². The minimum absolute atomic E-state index is 0.838. The van der Waals surface area contributed by atoms with E-state index in [-0.39, 0.29) is 0 Å². The fourth-order valence-corrected chi connectivity index (χ4v) is 2.50. The maximum absolute atomic E-state index is 3.38. The lowest BCUT2D eigenvalue weighted by molar-refractivity contribution is 0.715. The molecule has 2 heteroatoms. The van der Waals surface area contributed by atoms with Crippen LogP contribution in [0.4, 0.5) is 5.69 Å². The third kappa shape index (κ3) is 3.05. The Morgan fingerprint density at radius 1 is 1.11 bits per heavy atom. The predicted octanol–water partition coefficient (Wildman–Crippen LogP) is 3.17. The zero-order chi connectivity index (χ0) is 12.4. The highest BCUT2D eigenvalue weighted by Crippen LogP contribution is 2.37. The Morgan fingerprint density at radius 3 is 2.39 bits per heavy atom. The van der Waals surface area contributed by atoms with E-state index in [0.29, 0.717) is 0 Å². The number of nitrogens with one attached hydrogen (secondary N) is 1. The Morgan fingerprint density at radius 2 is 1.83 bits per heavy atom. The van der Waals surface area contributed by atoms with Crippen molar-refractivity contribution in [3.05, 3.63) is 29.8 Å². The highest BCUT2D eigenvalue weighted by Gasteiger charge is 2.33. The van der Waals surface area contributed by atoms with Gasteiger partial charge < -0.3 is 10.2 Å². The molecule has 2 fully saturated rings. The second-order valence-corrected chi connectivity index (χ2v) is 5.77. The zero-order valence-electron chi connectivity index (χ0n) is 11.4. The minimum Gasteiger partial charge on any atom is -0.368 e. The van der Waals surface area contributed by atoms with Crippen LogP contribution < -0.4 is 10.2 Å². The molecule has 0 atom stereocenters. The first-order valence-electron chi connectivity index (χ1n) is 7.43. The van der Waals surface area contributed by atoms with Crippen molar-refractivity contribution in [3.63, 3.8) is 0 Å². The molecule has 18 heavy (non-hydrogen) atoms. The molecule has 0 amide bonds. The SMILES string of the molecule is CCNCc1ccc(N(CC2CC2)C2CC2)cc1. The molecule has 0 aromatic heterocycles. The van der Waals surface area contributed by atoms with Gasteiger partial charge in [0.25, 0.3) is 0 Å². The Hall–Kier alpha value is -1.02. The van der Waals surface area contributed by atoms with Crippen LogP contribution in [0.3, 0.4) is 0 Å². The van der Waals surface area contributed by atoms with Crippen LogP contribution in [0.5, 0.6) is 0 Å². The van der Waals surface area contributed by atoms with Gasteiger partial charge in [-0.2, -0.15) is 0 Å². The summed E-state index contributed by atoms with van der Waals surface area (Å²) in [5.41, 5.74) is 2.83. The molecule has 2 aliphatic carbocycles. The molecular weight excluding hydrogens is 220 g/mol. The highest BCUT2D eigenvalue weighted by molar-refractivity contribution is 5.50. The predicted molar refractivity (Wildman–Crippen MR) is 76.9 cm³/mol. The summed E-state index contributed by atoms with van der Waals surface area (Å²) in [5.74, 6) is 0.979. The van der Waals surface area contributed by atoms with Crippen molar-refractivity contribution in [2.45, 2.75) is 45.2 Å². The van der Waals surface area contributed by atoms with E-state index < -0.39 is 0 Å². The van der Waals surface area contributed by atoms with Crippen LogP contribution in [0.25, 0.3) is 0 Å². The van der Waals surface area contributed by atoms with Gasteiger partial charge in [0, 0.05) is 24.8 Å². The standard InChI is InChI=1S/C16H24N2/c1-2-17-11-13-5-7-15(8-6-13)18(16-9-10-16)12-14-3-4-14/h5-8,14,16-17H,2-4,9-12H2,1H3. The smallest absolute Gasteiger partial charge is 0.0368 e. The lowest BCUT2D eigenvalue weighted by Crippen LogP contribution is -2.27. The number of anilines is 1. The maximum Gasteiger partial charge on any atom is 0.0368 e. The lowest BCUT2D eigenvalue weighted by atomic mass is 10.2. The molecule has 0 spiro atoms. The van der Waals surface area contributed by atoms with Gasteiger partial charge in [-0.25, -0.2) is 0 Å². The number of nitrogens with zero attached hydrogens (tertiary/aromatic N) is 1. The van der Waals surface area contributed by atoms with Gasteiger partial charge in [0.05, 0.1) is 0 Å². The van der Waals surface area contributed by atoms with Crippen LogP contribution in [-0.4, -0.2) is 19.1 Å². The number of hydrogen-bond donors (Lipinski definition) is 1. The molecule has 2 nitrogen and oxygen atoms in total. The van der Waals surface area contributed by atoms with Crippen LogP contribution in [0.2, 0.25) is 0 Å². The second-order valence-electron chi connectivity index (χ2n) is 5.77. The molecule has 1 aromatic carbocycles. The van der Waals surface area contributed by atoms with Crippen molar-refractivity contribution in [1.29, 1.82) is 0 Å². The summed E-state index contributed by atoms with van der Waals surface area (Å²) in [6, 6.07) is 10.0. The summed E-state index contributed by atoms with van der Waals surface area (Å²) < 4.78 is 0. The van der Waals surface area contributed by atoms with Gasteiger partial charge >= 0.3 is 0 Å². The fourth-order valence-electron chi connectivity index (χ4n) is 2.50. The number of hydrogen-bond acceptors (Lipinski definition) is 2. The Bertz CT molecular complexity index is 377. The molecule has 3 rings (SSSR count). The van der Waals surface area contributed by atoms with Crippen molar-refractivity contribution in [1.82, 2.24) is 5.32 Å². The van der Waals surface area contributed by atoms with Crippen molar-refractivity contribution >= 4 is 5.69 Å². The molecule has 98 valence electrons. The summed E-state index contributed by atoms with van der Waals surface area (Å²) in [4.78, 5) is 2.65. The summed E-state index contributed by atoms with van der Waals surface area (Å²) in [6.45, 7) is 5.47. The summed E-state index contributed by atoms with van der Waals surface area (Å²) in [6.07, 6.45) is 5.68. The molecule has 2 aliphatic rings. The molecular formula is C16H24N2. The van der Waals surface area contributed by atoms with Crippen LogP contribution in [0, 0.1) is 5.92 Å². The van der Waals surface area contributed by atoms with E-state index in [2.05, 4.69) is 41.4 Å². The molecule has 1 N–H and O–H groups in total. The van der Waals surface area contributed by atoms with Crippen molar-refractivity contribution in [2.24, 2.45) is 5.92 Å². The first-order chi connectivity index (χ1) is 8.86. The lowest BCUT2D eigenvalue weighted by Gasteiger charge is -2.25. The first-order valence-corrected chi connectivity index (χ1v) is 7.43. The Labute approximate surface area is 110 Å². The summed E-state index contributed by atoms with van der Waals surface area (Å²) >= 11 is 0. The van der Waals surface area contributed by atoms with Crippen LogP contribution in [-0.2, 0) is 6.54 Å². The molecule has 0 heterocycles. The van der Waals surface area contributed by atoms with Gasteiger partial charge in [-0.15, -0.1) is 0 Å². The van der Waals surface area contributed by atoms with E-state index in [1.54, 1.807) is 0 Å². The topological polar surface area (TPSA) is 15.3 Å². The van der Waals surface area contributed by atoms with Crippen LogP contribution >= 0.6 is 0 Å². The Balaban J connectivity index is 1.65. The van der Waals surface area contributed by atoms with Gasteiger partial charge in [-0.3, -0.25) is 0 Å². The largest absolute Gasteiger partial charge is 0.368 e. The van der Waals surface area contributed by atoms with E-state index in [1.807, 2.05) is 0 Å². The summed E-state index contributed by atoms with van der Waals surface area (Å²) in [7, 11) is 0. The van der Waals surface area contributed by atoms with Crippen molar-refractivity contribution < 1.29 is 0 Å². The van der Waals surface area contributed by atoms with Gasteiger partial charge in [0.1, 0.15) is 0 Å². The van der Waals surface area contributed by atoms with Crippen LogP contribution in [0.1, 0.15) is 38.2 Å². The van der Waals surface area contributed by atoms with E-state index in [4.69, 9.17) is 0 Å². The Kier molecular flexibility index (Phi) is 3.55. The van der Waals surface area contributed by atoms with Crippen LogP contribution in [0.15, 0.2) is 24.3 Å². The molecule has 2 saturated carbocycles. The minimum atomic E-state index is 0.838. The average Bonchev–Trinajstić information content (AvgIpc) is 3.28. The van der Waals surface area contributed by atoms with Gasteiger partial charge in [-0.05, 0) is 55.8 Å². The second kappa shape index (κ2) is 5.31. The van der Waals surface area contributed by atoms with E-state index in [1.165, 1.54) is 43.5 Å². The van der Waals surface area contributed by atoms with Gasteiger partial charge in [-0.1, -0.05) is 19.1 Å². The molecule has 0 bridgehead atoms. The first kappa shape index (κ1) is 12.0. The monoisotopic (exact) mass is 244 g/mol. The maximum atomic E-state index is 3.38. The normalized spacial score (nSPS) is 18.9. The molecule has 0 saturated heterocycles. The van der Waals surface area contributed by atoms with Crippen molar-refractivity contribution in [3.8, 4) is 0 Å². The average molecular weight is 244 g/mol. The fraction of sp³-hybridized carbons (Fsp3) is 0.625. The van der Waals surface area contributed by atoms with Gasteiger partial charge in [0.15, 0.2) is 0 Å². The van der Waals surface area contributed by atoms with E-state index in [9.17, 15) is 0 Å². The molecule has 1 aromatic rings. The molecule has 0 unspecified atom stereocenters. The molecule has 0 aliphatic heterocycles.